The van der Waals surface area contributed by atoms with E-state index in [1.165, 1.54) is 0 Å². The second kappa shape index (κ2) is 4.03. The first-order chi connectivity index (χ1) is 5.90. The lowest BCUT2D eigenvalue weighted by Crippen LogP contribution is -1.89. The van der Waals surface area contributed by atoms with E-state index in [1.54, 1.807) is 0 Å². The smallest absolute Gasteiger partial charge is 0.0779 e. The van der Waals surface area contributed by atoms with Gasteiger partial charge in [0.25, 0.3) is 0 Å². The van der Waals surface area contributed by atoms with Crippen LogP contribution in [0.2, 0.25) is 5.02 Å². The first-order valence-corrected chi connectivity index (χ1v) is 8.39. The molecule has 74 valence electrons. The second-order valence-corrected chi connectivity index (χ2v) is 11.4. The standard InChI is InChI=1S/C9H14ClNS2/c1-13(2,3)12-8-6-4-5-7(11)9(8)10/h4-6H,11H2,1-3H3. The Morgan fingerprint density at radius 2 is 1.92 bits per heavy atom. The summed E-state index contributed by atoms with van der Waals surface area (Å²) in [6.45, 7) is 0. The highest BCUT2D eigenvalue weighted by atomic mass is 35.5. The van der Waals surface area contributed by atoms with Gasteiger partial charge in [-0.2, -0.15) is 9.06 Å². The van der Waals surface area contributed by atoms with Gasteiger partial charge in [-0.1, -0.05) is 28.5 Å². The average Bonchev–Trinajstić information content (AvgIpc) is 1.96. The van der Waals surface area contributed by atoms with Crippen molar-refractivity contribution in [3.63, 3.8) is 0 Å². The van der Waals surface area contributed by atoms with Crippen LogP contribution in [-0.2, 0) is 0 Å². The highest BCUT2D eigenvalue weighted by Gasteiger charge is 2.10. The Balaban J connectivity index is 2.96. The topological polar surface area (TPSA) is 26.0 Å². The lowest BCUT2D eigenvalue weighted by Gasteiger charge is -2.24. The highest BCUT2D eigenvalue weighted by Crippen LogP contribution is 2.55. The van der Waals surface area contributed by atoms with Crippen LogP contribution in [0.3, 0.4) is 0 Å². The van der Waals surface area contributed by atoms with E-state index in [4.69, 9.17) is 17.3 Å². The molecule has 0 saturated carbocycles. The average molecular weight is 236 g/mol. The van der Waals surface area contributed by atoms with Crippen LogP contribution in [0.15, 0.2) is 23.1 Å². The maximum absolute atomic E-state index is 6.07. The fourth-order valence-corrected chi connectivity index (χ4v) is 4.14. The lowest BCUT2D eigenvalue weighted by atomic mass is 10.3. The van der Waals surface area contributed by atoms with Crippen molar-refractivity contribution < 1.29 is 0 Å². The van der Waals surface area contributed by atoms with Crippen molar-refractivity contribution in [2.24, 2.45) is 0 Å². The van der Waals surface area contributed by atoms with Crippen LogP contribution < -0.4 is 5.73 Å². The van der Waals surface area contributed by atoms with Crippen molar-refractivity contribution in [3.8, 4) is 0 Å². The van der Waals surface area contributed by atoms with E-state index in [2.05, 4.69) is 18.8 Å². The monoisotopic (exact) mass is 235 g/mol. The maximum atomic E-state index is 6.07. The summed E-state index contributed by atoms with van der Waals surface area (Å²) >= 11 is 6.07. The van der Waals surface area contributed by atoms with Gasteiger partial charge in [0.2, 0.25) is 0 Å². The van der Waals surface area contributed by atoms with E-state index in [1.807, 2.05) is 29.0 Å². The van der Waals surface area contributed by atoms with E-state index in [0.717, 1.165) is 4.90 Å². The molecule has 1 nitrogen and oxygen atoms in total. The molecule has 1 aromatic carbocycles. The molecule has 0 aliphatic carbocycles. The SMILES string of the molecule is CS(C)(C)Sc1cccc(N)c1Cl. The van der Waals surface area contributed by atoms with Crippen LogP contribution in [0.25, 0.3) is 0 Å². The summed E-state index contributed by atoms with van der Waals surface area (Å²) in [5.41, 5.74) is 6.37. The summed E-state index contributed by atoms with van der Waals surface area (Å²) < 4.78 is 0. The van der Waals surface area contributed by atoms with E-state index in [9.17, 15) is 0 Å². The van der Waals surface area contributed by atoms with Crippen molar-refractivity contribution in [3.05, 3.63) is 23.2 Å². The Hall–Kier alpha value is 0.01000. The lowest BCUT2D eigenvalue weighted by molar-refractivity contribution is 1.47. The fourth-order valence-electron chi connectivity index (χ4n) is 0.861. The van der Waals surface area contributed by atoms with Crippen molar-refractivity contribution in [2.45, 2.75) is 4.90 Å². The number of nitrogen functional groups attached to an aromatic ring is 1. The van der Waals surface area contributed by atoms with Crippen LogP contribution in [0.1, 0.15) is 0 Å². The molecule has 0 heterocycles. The maximum Gasteiger partial charge on any atom is 0.0779 e. The van der Waals surface area contributed by atoms with Crippen LogP contribution in [-0.4, -0.2) is 18.8 Å². The van der Waals surface area contributed by atoms with Crippen molar-refractivity contribution >= 4 is 37.1 Å². The minimum Gasteiger partial charge on any atom is -0.397 e. The minimum absolute atomic E-state index is 0.640. The number of anilines is 1. The number of nitrogens with two attached hydrogens (primary N) is 1. The zero-order valence-corrected chi connectivity index (χ0v) is 10.4. The van der Waals surface area contributed by atoms with Crippen LogP contribution in [0.4, 0.5) is 5.69 Å². The second-order valence-electron chi connectivity index (χ2n) is 3.47. The number of rotatable bonds is 2. The molecule has 0 atom stereocenters. The van der Waals surface area contributed by atoms with E-state index < -0.39 is 9.06 Å². The fraction of sp³-hybridized carbons (Fsp3) is 0.333. The zero-order chi connectivity index (χ0) is 10.1. The number of benzene rings is 1. The van der Waals surface area contributed by atoms with Gasteiger partial charge in [0.15, 0.2) is 0 Å². The normalized spacial score (nSPS) is 12.9. The molecule has 13 heavy (non-hydrogen) atoms. The van der Waals surface area contributed by atoms with Crippen molar-refractivity contribution in [2.75, 3.05) is 24.5 Å². The third-order valence-electron chi connectivity index (χ3n) is 1.33. The quantitative estimate of drug-likeness (QED) is 0.626. The molecule has 0 aromatic heterocycles. The van der Waals surface area contributed by atoms with Gasteiger partial charge in [-0.15, -0.1) is 0 Å². The molecular formula is C9H14ClNS2. The van der Waals surface area contributed by atoms with Gasteiger partial charge in [0.1, 0.15) is 0 Å². The number of hydrogen-bond donors (Lipinski definition) is 1. The largest absolute Gasteiger partial charge is 0.397 e. The number of hydrogen-bond acceptors (Lipinski definition) is 2. The molecule has 0 aliphatic heterocycles. The Morgan fingerprint density at radius 3 is 2.46 bits per heavy atom. The van der Waals surface area contributed by atoms with E-state index in [0.29, 0.717) is 10.7 Å². The van der Waals surface area contributed by atoms with Crippen LogP contribution in [0.5, 0.6) is 0 Å². The number of halogens is 1. The summed E-state index contributed by atoms with van der Waals surface area (Å²) in [7, 11) is 1.17. The summed E-state index contributed by atoms with van der Waals surface area (Å²) in [6.07, 6.45) is 6.70. The molecular weight excluding hydrogens is 222 g/mol. The van der Waals surface area contributed by atoms with Gasteiger partial charge < -0.3 is 5.73 Å². The molecule has 0 radical (unpaired) electrons. The van der Waals surface area contributed by atoms with E-state index >= 15 is 0 Å². The Labute approximate surface area is 89.8 Å². The molecule has 1 rings (SSSR count). The van der Waals surface area contributed by atoms with Crippen molar-refractivity contribution in [1.29, 1.82) is 0 Å². The summed E-state index contributed by atoms with van der Waals surface area (Å²) in [5.74, 6) is 0. The van der Waals surface area contributed by atoms with Gasteiger partial charge in [-0.3, -0.25) is 0 Å². The molecule has 2 N–H and O–H groups in total. The summed E-state index contributed by atoms with van der Waals surface area (Å²) in [4.78, 5) is 1.09. The Morgan fingerprint density at radius 1 is 1.31 bits per heavy atom. The molecule has 0 unspecified atom stereocenters. The Bertz CT molecular complexity index is 307. The molecule has 0 bridgehead atoms. The van der Waals surface area contributed by atoms with Crippen molar-refractivity contribution in [1.82, 2.24) is 0 Å². The van der Waals surface area contributed by atoms with Crippen LogP contribution >= 0.6 is 31.5 Å². The predicted octanol–water partition coefficient (Wildman–Crippen LogP) is 3.62. The molecule has 0 spiro atoms. The molecule has 0 saturated heterocycles. The first kappa shape index (κ1) is 11.1. The Kier molecular flexibility index (Phi) is 3.44. The van der Waals surface area contributed by atoms with Gasteiger partial charge in [-0.05, 0) is 30.9 Å². The molecule has 1 aromatic rings. The van der Waals surface area contributed by atoms with Gasteiger partial charge in [0.05, 0.1) is 10.7 Å². The molecule has 0 aliphatic rings. The highest BCUT2D eigenvalue weighted by molar-refractivity contribution is 8.93. The zero-order valence-electron chi connectivity index (χ0n) is 8.00. The predicted molar refractivity (Wildman–Crippen MR) is 67.1 cm³/mol. The minimum atomic E-state index is -0.640. The van der Waals surface area contributed by atoms with Gasteiger partial charge >= 0.3 is 0 Å². The van der Waals surface area contributed by atoms with Gasteiger partial charge in [0, 0.05) is 4.90 Å². The first-order valence-electron chi connectivity index (χ1n) is 3.82. The molecule has 4 heteroatoms. The molecule has 0 amide bonds. The van der Waals surface area contributed by atoms with Crippen LogP contribution in [0, 0.1) is 0 Å². The third kappa shape index (κ3) is 3.33. The summed E-state index contributed by atoms with van der Waals surface area (Å²) in [5, 5.41) is 0.690. The third-order valence-corrected chi connectivity index (χ3v) is 4.93. The molecule has 0 fully saturated rings. The van der Waals surface area contributed by atoms with E-state index in [-0.39, 0.29) is 0 Å². The summed E-state index contributed by atoms with van der Waals surface area (Å²) in [6, 6.07) is 5.78. The van der Waals surface area contributed by atoms with Gasteiger partial charge in [-0.25, -0.2) is 0 Å².